The normalized spacial score (nSPS) is 16.5. The van der Waals surface area contributed by atoms with Crippen LogP contribution in [-0.2, 0) is 11.3 Å². The maximum Gasteiger partial charge on any atom is 0.438 e. The first-order valence-electron chi connectivity index (χ1n) is 6.27. The van der Waals surface area contributed by atoms with Gasteiger partial charge in [0.25, 0.3) is 5.91 Å². The van der Waals surface area contributed by atoms with Crippen LogP contribution < -0.4 is 5.76 Å². The summed E-state index contributed by atoms with van der Waals surface area (Å²) in [5.74, 6) is -1.54. The fraction of sp³-hybridized carbons (Fsp3) is 0.0769. The molecule has 1 amide bonds. The topological polar surface area (TPSA) is 120 Å². The third-order valence-corrected chi connectivity index (χ3v) is 4.38. The fourth-order valence-electron chi connectivity index (χ4n) is 1.92. The lowest BCUT2D eigenvalue weighted by molar-refractivity contribution is -0.122. The van der Waals surface area contributed by atoms with Crippen LogP contribution in [0.4, 0.5) is 0 Å². The number of phenols is 2. The van der Waals surface area contributed by atoms with E-state index in [1.54, 1.807) is 12.1 Å². The lowest BCUT2D eigenvalue weighted by Crippen LogP contribution is -2.28. The summed E-state index contributed by atoms with van der Waals surface area (Å²) in [7, 11) is 0. The van der Waals surface area contributed by atoms with Gasteiger partial charge in [0.05, 0.1) is 11.4 Å². The molecule has 1 fully saturated rings. The van der Waals surface area contributed by atoms with Gasteiger partial charge in [0.2, 0.25) is 0 Å². The Morgan fingerprint density at radius 3 is 2.87 bits per heavy atom. The highest BCUT2D eigenvalue weighted by atomic mass is 32.2. The van der Waals surface area contributed by atoms with Gasteiger partial charge in [-0.05, 0) is 12.1 Å². The van der Waals surface area contributed by atoms with Crippen LogP contribution in [0.3, 0.4) is 0 Å². The summed E-state index contributed by atoms with van der Waals surface area (Å²) < 4.78 is 4.65. The number of phenolic OH excluding ortho intramolecular Hbond substituents is 2. The predicted molar refractivity (Wildman–Crippen MR) is 85.6 cm³/mol. The summed E-state index contributed by atoms with van der Waals surface area (Å²) in [5, 5.41) is 22.8. The molecular weight excluding hydrogens is 342 g/mol. The molecule has 1 aromatic carbocycles. The van der Waals surface area contributed by atoms with E-state index in [4.69, 9.17) is 12.2 Å². The zero-order valence-electron chi connectivity index (χ0n) is 11.3. The van der Waals surface area contributed by atoms with E-state index in [1.807, 2.05) is 0 Å². The summed E-state index contributed by atoms with van der Waals surface area (Å²) in [6.07, 6.45) is 1.43. The highest BCUT2D eigenvalue weighted by Crippen LogP contribution is 2.36. The van der Waals surface area contributed by atoms with Gasteiger partial charge in [0.1, 0.15) is 4.32 Å². The molecule has 3 rings (SSSR count). The van der Waals surface area contributed by atoms with Crippen LogP contribution in [0.5, 0.6) is 11.5 Å². The van der Waals surface area contributed by atoms with E-state index in [1.165, 1.54) is 17.0 Å². The van der Waals surface area contributed by atoms with E-state index in [-0.39, 0.29) is 33.1 Å². The van der Waals surface area contributed by atoms with E-state index in [0.717, 1.165) is 11.8 Å². The molecule has 0 radical (unpaired) electrons. The SMILES string of the molecule is O=C1/C(=C/c2cccc(O)c2O)SC(=S)N1Cc1noc(=O)[nH]1. The van der Waals surface area contributed by atoms with Crippen LogP contribution in [0, 0.1) is 0 Å². The number of nitrogens with one attached hydrogen (secondary N) is 1. The Bertz CT molecular complexity index is 886. The minimum atomic E-state index is -0.717. The number of carbonyl (C=O) groups is 1. The zero-order valence-corrected chi connectivity index (χ0v) is 13.0. The van der Waals surface area contributed by atoms with Gasteiger partial charge in [0.15, 0.2) is 17.3 Å². The van der Waals surface area contributed by atoms with E-state index in [9.17, 15) is 19.8 Å². The molecule has 8 nitrogen and oxygen atoms in total. The van der Waals surface area contributed by atoms with Crippen molar-refractivity contribution in [3.63, 3.8) is 0 Å². The van der Waals surface area contributed by atoms with Crippen LogP contribution in [0.2, 0.25) is 0 Å². The molecule has 1 aliphatic rings. The number of nitrogens with zero attached hydrogens (tertiary/aromatic N) is 2. The Kier molecular flexibility index (Phi) is 3.92. The summed E-state index contributed by atoms with van der Waals surface area (Å²) in [5.41, 5.74) is 0.292. The molecule has 1 aliphatic heterocycles. The monoisotopic (exact) mass is 351 g/mol. The third-order valence-electron chi connectivity index (χ3n) is 3.00. The van der Waals surface area contributed by atoms with Crippen molar-refractivity contribution < 1.29 is 19.5 Å². The Morgan fingerprint density at radius 2 is 2.17 bits per heavy atom. The smallest absolute Gasteiger partial charge is 0.438 e. The second-order valence-electron chi connectivity index (χ2n) is 4.52. The first-order chi connectivity index (χ1) is 11.0. The average molecular weight is 351 g/mol. The number of benzene rings is 1. The molecule has 0 atom stereocenters. The Balaban J connectivity index is 1.87. The minimum absolute atomic E-state index is 0.0280. The van der Waals surface area contributed by atoms with Crippen LogP contribution in [-0.4, -0.2) is 35.5 Å². The van der Waals surface area contributed by atoms with Crippen molar-refractivity contribution in [3.8, 4) is 11.5 Å². The van der Waals surface area contributed by atoms with Gasteiger partial charge in [0, 0.05) is 5.56 Å². The average Bonchev–Trinajstić information content (AvgIpc) is 3.03. The van der Waals surface area contributed by atoms with Crippen LogP contribution in [0.25, 0.3) is 6.08 Å². The van der Waals surface area contributed by atoms with Crippen molar-refractivity contribution in [2.24, 2.45) is 0 Å². The highest BCUT2D eigenvalue weighted by molar-refractivity contribution is 8.26. The van der Waals surface area contributed by atoms with Crippen molar-refractivity contribution in [1.82, 2.24) is 15.0 Å². The molecular formula is C13H9N3O5S2. The molecule has 10 heteroatoms. The van der Waals surface area contributed by atoms with Gasteiger partial charge in [-0.1, -0.05) is 41.3 Å². The summed E-state index contributed by atoms with van der Waals surface area (Å²) in [4.78, 5) is 27.2. The molecule has 0 bridgehead atoms. The summed E-state index contributed by atoms with van der Waals surface area (Å²) in [6, 6.07) is 4.43. The van der Waals surface area contributed by atoms with Gasteiger partial charge >= 0.3 is 5.76 Å². The lowest BCUT2D eigenvalue weighted by atomic mass is 10.1. The van der Waals surface area contributed by atoms with E-state index < -0.39 is 11.7 Å². The number of thioether (sulfide) groups is 1. The van der Waals surface area contributed by atoms with Crippen molar-refractivity contribution in [2.45, 2.75) is 6.54 Å². The third kappa shape index (κ3) is 2.98. The van der Waals surface area contributed by atoms with Crippen LogP contribution >= 0.6 is 24.0 Å². The van der Waals surface area contributed by atoms with E-state index in [2.05, 4.69) is 14.7 Å². The Morgan fingerprint density at radius 1 is 1.39 bits per heavy atom. The largest absolute Gasteiger partial charge is 0.504 e. The lowest BCUT2D eigenvalue weighted by Gasteiger charge is -2.11. The number of hydrogen-bond acceptors (Lipinski definition) is 8. The van der Waals surface area contributed by atoms with Gasteiger partial charge < -0.3 is 10.2 Å². The number of amides is 1. The molecule has 23 heavy (non-hydrogen) atoms. The first kappa shape index (κ1) is 15.3. The number of aromatic hydroxyl groups is 2. The summed E-state index contributed by atoms with van der Waals surface area (Å²) in [6.45, 7) is -0.0280. The maximum atomic E-state index is 12.4. The minimum Gasteiger partial charge on any atom is -0.504 e. The van der Waals surface area contributed by atoms with E-state index >= 15 is 0 Å². The van der Waals surface area contributed by atoms with Crippen molar-refractivity contribution in [1.29, 1.82) is 0 Å². The number of rotatable bonds is 3. The number of aromatic amines is 1. The predicted octanol–water partition coefficient (Wildman–Crippen LogP) is 1.18. The quantitative estimate of drug-likeness (QED) is 0.428. The number of carbonyl (C=O) groups excluding carboxylic acids is 1. The maximum absolute atomic E-state index is 12.4. The molecule has 2 aromatic rings. The molecule has 2 heterocycles. The fourth-order valence-corrected chi connectivity index (χ4v) is 3.17. The number of hydrogen-bond donors (Lipinski definition) is 3. The van der Waals surface area contributed by atoms with Crippen molar-refractivity contribution >= 4 is 40.3 Å². The van der Waals surface area contributed by atoms with Crippen molar-refractivity contribution in [2.75, 3.05) is 0 Å². The van der Waals surface area contributed by atoms with Crippen molar-refractivity contribution in [3.05, 3.63) is 45.0 Å². The van der Waals surface area contributed by atoms with Gasteiger partial charge in [-0.15, -0.1) is 0 Å². The van der Waals surface area contributed by atoms with Crippen LogP contribution in [0.1, 0.15) is 11.4 Å². The zero-order chi connectivity index (χ0) is 16.6. The second kappa shape index (κ2) is 5.89. The molecule has 0 saturated carbocycles. The number of aromatic nitrogens is 2. The van der Waals surface area contributed by atoms with Gasteiger partial charge in [-0.25, -0.2) is 4.79 Å². The molecule has 0 unspecified atom stereocenters. The van der Waals surface area contributed by atoms with Gasteiger partial charge in [-0.3, -0.25) is 19.2 Å². The van der Waals surface area contributed by atoms with Crippen LogP contribution in [0.15, 0.2) is 32.4 Å². The molecule has 1 saturated heterocycles. The Hall–Kier alpha value is -2.59. The Labute approximate surface area is 138 Å². The number of thiocarbonyl (C=S) groups is 1. The molecule has 0 aliphatic carbocycles. The highest BCUT2D eigenvalue weighted by Gasteiger charge is 2.33. The van der Waals surface area contributed by atoms with Gasteiger partial charge in [-0.2, -0.15) is 0 Å². The van der Waals surface area contributed by atoms with E-state index in [0.29, 0.717) is 5.56 Å². The first-order valence-corrected chi connectivity index (χ1v) is 7.49. The number of H-pyrrole nitrogens is 1. The molecule has 0 spiro atoms. The molecule has 3 N–H and O–H groups in total. The molecule has 118 valence electrons. The second-order valence-corrected chi connectivity index (χ2v) is 6.20. The summed E-state index contributed by atoms with van der Waals surface area (Å²) >= 11 is 6.18. The number of para-hydroxylation sites is 1. The standard InChI is InChI=1S/C13H9N3O5S2/c17-7-3-1-2-6(10(7)18)4-8-11(19)16(13(22)23-8)5-9-14-12(20)21-15-9/h1-4,17-18H,5H2,(H,14,15,20)/b8-4-. The molecule has 1 aromatic heterocycles.